The van der Waals surface area contributed by atoms with Gasteiger partial charge in [-0.1, -0.05) is 11.6 Å². The molecule has 2 rings (SSSR count). The molecular weight excluding hydrogens is 313 g/mol. The van der Waals surface area contributed by atoms with Gasteiger partial charge in [-0.15, -0.1) is 0 Å². The van der Waals surface area contributed by atoms with Crippen LogP contribution in [0.25, 0.3) is 0 Å². The predicted molar refractivity (Wildman–Crippen MR) is 78.6 cm³/mol. The maximum absolute atomic E-state index is 8.90. The molecule has 106 valence electrons. The van der Waals surface area contributed by atoms with Gasteiger partial charge in [0.2, 0.25) is 17.7 Å². The van der Waals surface area contributed by atoms with E-state index in [1.54, 1.807) is 43.3 Å². The quantitative estimate of drug-likeness (QED) is 0.589. The number of halogens is 1. The largest absolute Gasteiger partial charge is 1.00 e. The summed E-state index contributed by atoms with van der Waals surface area (Å²) in [5, 5.41) is 18.8. The minimum atomic E-state index is 0. The summed E-state index contributed by atoms with van der Waals surface area (Å²) in [6, 6.07) is 9.01. The Hall–Kier alpha value is -1.90. The normalized spacial score (nSPS) is 8.55. The number of hydrogen-bond donors (Lipinski definition) is 1. The second-order valence-corrected chi connectivity index (χ2v) is 4.36. The van der Waals surface area contributed by atoms with Crippen molar-refractivity contribution in [2.24, 2.45) is 0 Å². The van der Waals surface area contributed by atoms with Gasteiger partial charge in [0.25, 0.3) is 0 Å². The number of nitrogens with zero attached hydrogens (tertiary/aromatic N) is 6. The van der Waals surface area contributed by atoms with E-state index < -0.39 is 0 Å². The van der Waals surface area contributed by atoms with Gasteiger partial charge >= 0.3 is 29.6 Å². The summed E-state index contributed by atoms with van der Waals surface area (Å²) in [6.45, 7) is 4.75. The molecule has 0 fully saturated rings. The molecule has 0 atom stereocenters. The number of anilines is 3. The van der Waals surface area contributed by atoms with Gasteiger partial charge in [0, 0.05) is 24.8 Å². The number of benzene rings is 1. The SMILES string of the molecule is CN(C)c1nc(C#N)nc(Nc2ccc(Cl)cc2)n1.[C-]#N.[Na+]. The van der Waals surface area contributed by atoms with E-state index >= 15 is 0 Å². The molecule has 1 aromatic carbocycles. The Morgan fingerprint density at radius 3 is 2.23 bits per heavy atom. The van der Waals surface area contributed by atoms with Crippen molar-refractivity contribution in [2.45, 2.75) is 0 Å². The van der Waals surface area contributed by atoms with Gasteiger partial charge in [0.05, 0.1) is 0 Å². The first kappa shape index (κ1) is 20.1. The maximum atomic E-state index is 8.90. The molecule has 0 bridgehead atoms. The van der Waals surface area contributed by atoms with Gasteiger partial charge in [-0.3, -0.25) is 0 Å². The number of aromatic nitrogens is 3. The topological polar surface area (TPSA) is 102 Å². The van der Waals surface area contributed by atoms with E-state index in [1.807, 2.05) is 6.07 Å². The summed E-state index contributed by atoms with van der Waals surface area (Å²) in [6.07, 6.45) is 0. The fourth-order valence-electron chi connectivity index (χ4n) is 1.33. The maximum Gasteiger partial charge on any atom is 1.00 e. The molecular formula is C13H11ClN7Na. The van der Waals surface area contributed by atoms with Crippen LogP contribution in [0.15, 0.2) is 24.3 Å². The van der Waals surface area contributed by atoms with E-state index in [1.165, 1.54) is 0 Å². The van der Waals surface area contributed by atoms with E-state index in [2.05, 4.69) is 20.3 Å². The first-order valence-electron chi connectivity index (χ1n) is 5.67. The van der Waals surface area contributed by atoms with Gasteiger partial charge in [-0.05, 0) is 24.3 Å². The van der Waals surface area contributed by atoms with Crippen molar-refractivity contribution in [2.75, 3.05) is 24.3 Å². The average molecular weight is 324 g/mol. The fraction of sp³-hybridized carbons (Fsp3) is 0.154. The van der Waals surface area contributed by atoms with Crippen LogP contribution >= 0.6 is 11.6 Å². The third kappa shape index (κ3) is 5.84. The zero-order valence-corrected chi connectivity index (χ0v) is 15.1. The van der Waals surface area contributed by atoms with Crippen molar-refractivity contribution in [3.8, 4) is 6.07 Å². The number of nitrogens with one attached hydrogen (secondary N) is 1. The molecule has 0 aliphatic heterocycles. The van der Waals surface area contributed by atoms with E-state index in [9.17, 15) is 0 Å². The van der Waals surface area contributed by atoms with Gasteiger partial charge in [0.15, 0.2) is 0 Å². The Balaban J connectivity index is 0.00000141. The van der Waals surface area contributed by atoms with E-state index in [-0.39, 0.29) is 35.4 Å². The van der Waals surface area contributed by atoms with Crippen LogP contribution in [0.1, 0.15) is 5.82 Å². The molecule has 0 amide bonds. The number of nitriles is 1. The molecule has 22 heavy (non-hydrogen) atoms. The zero-order valence-electron chi connectivity index (χ0n) is 12.4. The smallest absolute Gasteiger partial charge is 0.512 e. The van der Waals surface area contributed by atoms with Crippen molar-refractivity contribution in [1.29, 1.82) is 10.5 Å². The van der Waals surface area contributed by atoms with Crippen LogP contribution in [0, 0.1) is 23.2 Å². The molecule has 1 N–H and O–H groups in total. The third-order valence-corrected chi connectivity index (χ3v) is 2.48. The number of hydrogen-bond acceptors (Lipinski definition) is 7. The van der Waals surface area contributed by atoms with Crippen molar-refractivity contribution in [3.63, 3.8) is 0 Å². The van der Waals surface area contributed by atoms with Crippen molar-refractivity contribution in [1.82, 2.24) is 15.0 Å². The Labute approximate surface area is 155 Å². The van der Waals surface area contributed by atoms with Crippen LogP contribution < -0.4 is 39.8 Å². The van der Waals surface area contributed by atoms with Crippen LogP contribution in [-0.4, -0.2) is 29.0 Å². The molecule has 0 unspecified atom stereocenters. The Bertz CT molecular complexity index is 664. The second kappa shape index (κ2) is 9.93. The van der Waals surface area contributed by atoms with E-state index in [0.29, 0.717) is 16.9 Å². The zero-order chi connectivity index (χ0) is 15.8. The minimum Gasteiger partial charge on any atom is -0.512 e. The molecule has 9 heteroatoms. The van der Waals surface area contributed by atoms with Crippen molar-refractivity contribution in [3.05, 3.63) is 41.7 Å². The molecule has 1 heterocycles. The van der Waals surface area contributed by atoms with Crippen LogP contribution in [-0.2, 0) is 0 Å². The molecule has 0 spiro atoms. The van der Waals surface area contributed by atoms with E-state index in [0.717, 1.165) is 5.69 Å². The Kier molecular flexibility index (Phi) is 9.07. The average Bonchev–Trinajstić information content (AvgIpc) is 2.51. The predicted octanol–water partition coefficient (Wildman–Crippen LogP) is -0.693. The van der Waals surface area contributed by atoms with Crippen LogP contribution in [0.4, 0.5) is 17.6 Å². The van der Waals surface area contributed by atoms with E-state index in [4.69, 9.17) is 28.7 Å². The molecule has 0 saturated heterocycles. The van der Waals surface area contributed by atoms with Gasteiger partial charge in [-0.2, -0.15) is 20.2 Å². The van der Waals surface area contributed by atoms with Crippen molar-refractivity contribution >= 4 is 29.2 Å². The molecule has 2 aromatic rings. The molecule has 7 nitrogen and oxygen atoms in total. The molecule has 0 aliphatic carbocycles. The third-order valence-electron chi connectivity index (χ3n) is 2.22. The first-order valence-corrected chi connectivity index (χ1v) is 6.05. The summed E-state index contributed by atoms with van der Waals surface area (Å²) in [4.78, 5) is 13.9. The van der Waals surface area contributed by atoms with Crippen LogP contribution in [0.3, 0.4) is 0 Å². The monoisotopic (exact) mass is 323 g/mol. The summed E-state index contributed by atoms with van der Waals surface area (Å²) in [5.74, 6) is 0.802. The molecule has 0 radical (unpaired) electrons. The molecule has 1 aromatic heterocycles. The van der Waals surface area contributed by atoms with Gasteiger partial charge in [-0.25, -0.2) is 0 Å². The summed E-state index contributed by atoms with van der Waals surface area (Å²) in [5.41, 5.74) is 0.782. The number of rotatable bonds is 3. The van der Waals surface area contributed by atoms with Crippen molar-refractivity contribution < 1.29 is 29.6 Å². The minimum absolute atomic E-state index is 0. The first-order chi connectivity index (χ1) is 10.1. The summed E-state index contributed by atoms with van der Waals surface area (Å²) in [7, 11) is 3.59. The molecule has 0 saturated carbocycles. The summed E-state index contributed by atoms with van der Waals surface area (Å²) < 4.78 is 0. The molecule has 0 aliphatic rings. The van der Waals surface area contributed by atoms with Crippen LogP contribution in [0.2, 0.25) is 5.02 Å². The standard InChI is InChI=1S/C12H11ClN6.CN.Na/c1-19(2)12-17-10(7-14)16-11(18-12)15-9-5-3-8(13)4-6-9;1-2;/h3-6H,1-2H3,(H,15,16,17,18);;/q;-1;+1. The Morgan fingerprint density at radius 1 is 1.14 bits per heavy atom. The summed E-state index contributed by atoms with van der Waals surface area (Å²) >= 11 is 5.81. The fourth-order valence-corrected chi connectivity index (χ4v) is 1.46. The second-order valence-electron chi connectivity index (χ2n) is 3.92. The van der Waals surface area contributed by atoms with Gasteiger partial charge in [0.1, 0.15) is 6.07 Å². The Morgan fingerprint density at radius 2 is 1.73 bits per heavy atom. The van der Waals surface area contributed by atoms with Gasteiger partial charge < -0.3 is 22.1 Å². The van der Waals surface area contributed by atoms with Crippen LogP contribution in [0.5, 0.6) is 0 Å².